The van der Waals surface area contributed by atoms with Crippen molar-refractivity contribution >= 4 is 21.8 Å². The van der Waals surface area contributed by atoms with E-state index in [0.717, 1.165) is 22.9 Å². The lowest BCUT2D eigenvalue weighted by Crippen LogP contribution is -2.32. The van der Waals surface area contributed by atoms with Crippen molar-refractivity contribution < 1.29 is 13.9 Å². The van der Waals surface area contributed by atoms with E-state index >= 15 is 0 Å². The smallest absolute Gasteiger partial charge is 0.290 e. The summed E-state index contributed by atoms with van der Waals surface area (Å²) in [4.78, 5) is 14.9. The van der Waals surface area contributed by atoms with Gasteiger partial charge >= 0.3 is 0 Å². The predicted octanol–water partition coefficient (Wildman–Crippen LogP) is 5.30. The van der Waals surface area contributed by atoms with Crippen LogP contribution in [0.5, 0.6) is 5.75 Å². The zero-order valence-corrected chi connectivity index (χ0v) is 17.3. The molecule has 1 aliphatic carbocycles. The van der Waals surface area contributed by atoms with Crippen LogP contribution in [0, 0.1) is 11.3 Å². The van der Waals surface area contributed by atoms with Crippen LogP contribution >= 0.6 is 15.9 Å². The minimum absolute atomic E-state index is 0.115. The van der Waals surface area contributed by atoms with Gasteiger partial charge in [0.25, 0.3) is 5.91 Å². The molecule has 0 atom stereocenters. The fraction of sp³-hybridized carbons (Fsp3) is 0.217. The van der Waals surface area contributed by atoms with Crippen LogP contribution in [0.3, 0.4) is 0 Å². The summed E-state index contributed by atoms with van der Waals surface area (Å²) in [5.74, 6) is 1.23. The van der Waals surface area contributed by atoms with E-state index < -0.39 is 0 Å². The molecule has 1 aromatic heterocycles. The van der Waals surface area contributed by atoms with Crippen LogP contribution in [-0.2, 0) is 13.2 Å². The third-order valence-electron chi connectivity index (χ3n) is 4.74. The highest BCUT2D eigenvalue weighted by atomic mass is 79.9. The highest BCUT2D eigenvalue weighted by Gasteiger charge is 2.34. The van der Waals surface area contributed by atoms with Crippen LogP contribution in [-0.4, -0.2) is 16.8 Å². The van der Waals surface area contributed by atoms with Gasteiger partial charge in [0.15, 0.2) is 5.76 Å². The molecular formula is C23H19BrN2O3. The number of para-hydroxylation sites is 1. The quantitative estimate of drug-likeness (QED) is 0.489. The minimum Gasteiger partial charge on any atom is -0.484 e. The van der Waals surface area contributed by atoms with E-state index in [1.165, 1.54) is 0 Å². The van der Waals surface area contributed by atoms with Gasteiger partial charge in [-0.3, -0.25) is 4.79 Å². The largest absolute Gasteiger partial charge is 0.484 e. The summed E-state index contributed by atoms with van der Waals surface area (Å²) in [7, 11) is 0. The topological polar surface area (TPSA) is 66.5 Å². The minimum atomic E-state index is -0.115. The van der Waals surface area contributed by atoms with Gasteiger partial charge in [-0.05, 0) is 54.8 Å². The van der Waals surface area contributed by atoms with E-state index in [2.05, 4.69) is 22.0 Å². The van der Waals surface area contributed by atoms with Gasteiger partial charge in [-0.25, -0.2) is 0 Å². The average Bonchev–Trinajstić information content (AvgIpc) is 3.47. The number of nitriles is 1. The van der Waals surface area contributed by atoms with Crippen molar-refractivity contribution in [3.63, 3.8) is 0 Å². The Hall–Kier alpha value is -3.04. The van der Waals surface area contributed by atoms with E-state index in [4.69, 9.17) is 14.4 Å². The molecule has 0 saturated heterocycles. The van der Waals surface area contributed by atoms with Crippen molar-refractivity contribution in [3.05, 3.63) is 87.8 Å². The zero-order chi connectivity index (χ0) is 20.2. The number of furan rings is 1. The lowest BCUT2D eigenvalue weighted by molar-refractivity contribution is 0.0693. The summed E-state index contributed by atoms with van der Waals surface area (Å²) >= 11 is 3.48. The molecular weight excluding hydrogens is 432 g/mol. The maximum Gasteiger partial charge on any atom is 0.290 e. The number of carbonyl (C=O) groups excluding carboxylic acids is 1. The third kappa shape index (κ3) is 4.69. The normalized spacial score (nSPS) is 13.0. The Morgan fingerprint density at radius 1 is 1.17 bits per heavy atom. The Kier molecular flexibility index (Phi) is 5.68. The lowest BCUT2D eigenvalue weighted by atomic mass is 10.2. The Morgan fingerprint density at radius 2 is 2.00 bits per heavy atom. The van der Waals surface area contributed by atoms with Crippen molar-refractivity contribution in [1.82, 2.24) is 4.90 Å². The second kappa shape index (κ2) is 8.54. The van der Waals surface area contributed by atoms with E-state index in [-0.39, 0.29) is 18.6 Å². The Bertz CT molecular complexity index is 1070. The standard InChI is InChI=1S/C23H19BrN2O3/c24-18-6-3-4-16(12-18)14-26(19-8-9-19)23(27)22-11-10-20(29-22)15-28-21-7-2-1-5-17(21)13-25/h1-7,10-12,19H,8-9,14-15H2. The summed E-state index contributed by atoms with van der Waals surface area (Å²) in [5, 5.41) is 9.14. The first kappa shape index (κ1) is 19.3. The Morgan fingerprint density at radius 3 is 2.76 bits per heavy atom. The molecule has 0 N–H and O–H groups in total. The van der Waals surface area contributed by atoms with E-state index in [1.54, 1.807) is 30.3 Å². The molecule has 29 heavy (non-hydrogen) atoms. The molecule has 146 valence electrons. The van der Waals surface area contributed by atoms with Gasteiger partial charge in [0, 0.05) is 17.1 Å². The molecule has 1 saturated carbocycles. The summed E-state index contributed by atoms with van der Waals surface area (Å²) in [6, 6.07) is 20.8. The second-order valence-electron chi connectivity index (χ2n) is 6.96. The maximum absolute atomic E-state index is 13.0. The predicted molar refractivity (Wildman–Crippen MR) is 111 cm³/mol. The van der Waals surface area contributed by atoms with Gasteiger partial charge in [0.05, 0.1) is 5.56 Å². The summed E-state index contributed by atoms with van der Waals surface area (Å²) < 4.78 is 12.4. The van der Waals surface area contributed by atoms with E-state index in [9.17, 15) is 4.79 Å². The van der Waals surface area contributed by atoms with Crippen molar-refractivity contribution in [2.45, 2.75) is 32.0 Å². The second-order valence-corrected chi connectivity index (χ2v) is 7.87. The number of hydrogen-bond acceptors (Lipinski definition) is 4. The molecule has 4 rings (SSSR count). The fourth-order valence-electron chi connectivity index (χ4n) is 3.13. The van der Waals surface area contributed by atoms with Crippen molar-refractivity contribution in [1.29, 1.82) is 5.26 Å². The van der Waals surface area contributed by atoms with Gasteiger partial charge in [0.1, 0.15) is 24.2 Å². The van der Waals surface area contributed by atoms with Gasteiger partial charge in [-0.15, -0.1) is 0 Å². The first-order valence-corrected chi connectivity index (χ1v) is 10.2. The highest BCUT2D eigenvalue weighted by molar-refractivity contribution is 9.10. The molecule has 0 bridgehead atoms. The number of hydrogen-bond donors (Lipinski definition) is 0. The molecule has 6 heteroatoms. The van der Waals surface area contributed by atoms with Crippen LogP contribution in [0.4, 0.5) is 0 Å². The SMILES string of the molecule is N#Cc1ccccc1OCc1ccc(C(=O)N(Cc2cccc(Br)c2)C2CC2)o1. The maximum atomic E-state index is 13.0. The zero-order valence-electron chi connectivity index (χ0n) is 15.7. The van der Waals surface area contributed by atoms with E-state index in [0.29, 0.717) is 29.4 Å². The third-order valence-corrected chi connectivity index (χ3v) is 5.23. The lowest BCUT2D eigenvalue weighted by Gasteiger charge is -2.21. The molecule has 3 aromatic rings. The number of amides is 1. The number of carbonyl (C=O) groups is 1. The first-order chi connectivity index (χ1) is 14.1. The van der Waals surface area contributed by atoms with Gasteiger partial charge < -0.3 is 14.1 Å². The molecule has 1 aliphatic rings. The van der Waals surface area contributed by atoms with Crippen molar-refractivity contribution in [2.24, 2.45) is 0 Å². The fourth-order valence-corrected chi connectivity index (χ4v) is 3.58. The van der Waals surface area contributed by atoms with Crippen LogP contribution in [0.25, 0.3) is 0 Å². The van der Waals surface area contributed by atoms with Crippen LogP contribution in [0.1, 0.15) is 40.3 Å². The first-order valence-electron chi connectivity index (χ1n) is 9.40. The Labute approximate surface area is 177 Å². The molecule has 0 unspecified atom stereocenters. The average molecular weight is 451 g/mol. The number of nitrogens with zero attached hydrogens (tertiary/aromatic N) is 2. The number of rotatable bonds is 7. The van der Waals surface area contributed by atoms with Crippen molar-refractivity contribution in [3.8, 4) is 11.8 Å². The molecule has 1 heterocycles. The summed E-state index contributed by atoms with van der Waals surface area (Å²) in [5.41, 5.74) is 1.53. The molecule has 0 aliphatic heterocycles. The van der Waals surface area contributed by atoms with Gasteiger partial charge in [0.2, 0.25) is 0 Å². The van der Waals surface area contributed by atoms with Crippen molar-refractivity contribution in [2.75, 3.05) is 0 Å². The number of halogens is 1. The summed E-state index contributed by atoms with van der Waals surface area (Å²) in [6.45, 7) is 0.700. The van der Waals surface area contributed by atoms with Gasteiger partial charge in [-0.2, -0.15) is 5.26 Å². The van der Waals surface area contributed by atoms with Gasteiger partial charge in [-0.1, -0.05) is 40.2 Å². The van der Waals surface area contributed by atoms with E-state index in [1.807, 2.05) is 35.2 Å². The van der Waals surface area contributed by atoms with Crippen LogP contribution in [0.2, 0.25) is 0 Å². The molecule has 0 radical (unpaired) electrons. The highest BCUT2D eigenvalue weighted by Crippen LogP contribution is 2.30. The molecule has 1 amide bonds. The van der Waals surface area contributed by atoms with Crippen LogP contribution < -0.4 is 4.74 Å². The number of ether oxygens (including phenoxy) is 1. The Balaban J connectivity index is 1.44. The summed E-state index contributed by atoms with van der Waals surface area (Å²) in [6.07, 6.45) is 2.03. The molecule has 0 spiro atoms. The molecule has 1 fully saturated rings. The van der Waals surface area contributed by atoms with Crippen LogP contribution in [0.15, 0.2) is 69.6 Å². The monoisotopic (exact) mass is 450 g/mol. The molecule has 2 aromatic carbocycles. The molecule has 5 nitrogen and oxygen atoms in total. The number of benzene rings is 2.